The van der Waals surface area contributed by atoms with E-state index in [4.69, 9.17) is 0 Å². The van der Waals surface area contributed by atoms with Crippen LogP contribution in [0.25, 0.3) is 0 Å². The maximum atomic E-state index is 11.5. The van der Waals surface area contributed by atoms with Gasteiger partial charge in [0.2, 0.25) is 5.91 Å². The van der Waals surface area contributed by atoms with Crippen LogP contribution >= 0.6 is 11.3 Å². The highest BCUT2D eigenvalue weighted by Crippen LogP contribution is 2.07. The minimum absolute atomic E-state index is 0.108. The summed E-state index contributed by atoms with van der Waals surface area (Å²) < 4.78 is 1.94. The van der Waals surface area contributed by atoms with Gasteiger partial charge in [-0.05, 0) is 28.8 Å². The SMILES string of the molecule is O=C(CCc1ccsc1)NCCn1ccnc1. The number of nitrogens with zero attached hydrogens (tertiary/aromatic N) is 2. The molecule has 4 nitrogen and oxygen atoms in total. The first-order valence-corrected chi connectivity index (χ1v) is 6.52. The Labute approximate surface area is 104 Å². The van der Waals surface area contributed by atoms with Crippen LogP contribution in [0, 0.1) is 0 Å². The molecule has 0 saturated carbocycles. The van der Waals surface area contributed by atoms with Crippen LogP contribution in [0.15, 0.2) is 35.5 Å². The molecule has 5 heteroatoms. The minimum Gasteiger partial charge on any atom is -0.354 e. The van der Waals surface area contributed by atoms with Crippen molar-refractivity contribution in [2.24, 2.45) is 0 Å². The van der Waals surface area contributed by atoms with Crippen LogP contribution in [0.3, 0.4) is 0 Å². The Morgan fingerprint density at radius 1 is 1.53 bits per heavy atom. The highest BCUT2D eigenvalue weighted by atomic mass is 32.1. The number of amides is 1. The van der Waals surface area contributed by atoms with Gasteiger partial charge in [-0.25, -0.2) is 4.98 Å². The molecule has 0 fully saturated rings. The molecule has 90 valence electrons. The fraction of sp³-hybridized carbons (Fsp3) is 0.333. The summed E-state index contributed by atoms with van der Waals surface area (Å²) in [5.41, 5.74) is 1.24. The zero-order valence-electron chi connectivity index (χ0n) is 9.50. The first kappa shape index (κ1) is 11.9. The van der Waals surface area contributed by atoms with Crippen LogP contribution in [0.5, 0.6) is 0 Å². The third-order valence-electron chi connectivity index (χ3n) is 2.47. The molecule has 0 bridgehead atoms. The fourth-order valence-electron chi connectivity index (χ4n) is 1.52. The molecular weight excluding hydrogens is 234 g/mol. The second-order valence-corrected chi connectivity index (χ2v) is 4.56. The smallest absolute Gasteiger partial charge is 0.220 e. The van der Waals surface area contributed by atoms with Crippen LogP contribution in [-0.2, 0) is 17.8 Å². The molecule has 0 radical (unpaired) electrons. The van der Waals surface area contributed by atoms with E-state index in [1.54, 1.807) is 23.9 Å². The quantitative estimate of drug-likeness (QED) is 0.847. The molecule has 0 aliphatic carbocycles. The third-order valence-corrected chi connectivity index (χ3v) is 3.20. The summed E-state index contributed by atoms with van der Waals surface area (Å²) in [6.07, 6.45) is 6.74. The number of hydrogen-bond donors (Lipinski definition) is 1. The number of carbonyl (C=O) groups excluding carboxylic acids is 1. The monoisotopic (exact) mass is 249 g/mol. The molecule has 0 aliphatic heterocycles. The molecule has 2 aromatic heterocycles. The molecule has 1 amide bonds. The number of thiophene rings is 1. The predicted octanol–water partition coefficient (Wildman–Crippen LogP) is 1.69. The summed E-state index contributed by atoms with van der Waals surface area (Å²) in [6.45, 7) is 1.42. The second kappa shape index (κ2) is 6.20. The molecule has 0 aromatic carbocycles. The Bertz CT molecular complexity index is 436. The Balaban J connectivity index is 1.61. The summed E-state index contributed by atoms with van der Waals surface area (Å²) in [4.78, 5) is 15.5. The average molecular weight is 249 g/mol. The number of aryl methyl sites for hydroxylation is 1. The van der Waals surface area contributed by atoms with E-state index >= 15 is 0 Å². The maximum Gasteiger partial charge on any atom is 0.220 e. The molecule has 0 saturated heterocycles. The predicted molar refractivity (Wildman–Crippen MR) is 67.9 cm³/mol. The van der Waals surface area contributed by atoms with Gasteiger partial charge in [0.05, 0.1) is 6.33 Å². The maximum absolute atomic E-state index is 11.5. The Morgan fingerprint density at radius 2 is 2.47 bits per heavy atom. The van der Waals surface area contributed by atoms with Crippen molar-refractivity contribution in [2.45, 2.75) is 19.4 Å². The highest BCUT2D eigenvalue weighted by Gasteiger charge is 2.01. The second-order valence-electron chi connectivity index (χ2n) is 3.78. The largest absolute Gasteiger partial charge is 0.354 e. The first-order chi connectivity index (χ1) is 8.34. The van der Waals surface area contributed by atoms with Gasteiger partial charge >= 0.3 is 0 Å². The first-order valence-electron chi connectivity index (χ1n) is 5.58. The van der Waals surface area contributed by atoms with Gasteiger partial charge in [0, 0.05) is 31.9 Å². The summed E-state index contributed by atoms with van der Waals surface area (Å²) in [5.74, 6) is 0.108. The average Bonchev–Trinajstić information content (AvgIpc) is 2.99. The van der Waals surface area contributed by atoms with E-state index in [-0.39, 0.29) is 5.91 Å². The lowest BCUT2D eigenvalue weighted by molar-refractivity contribution is -0.121. The number of rotatable bonds is 6. The molecule has 0 spiro atoms. The summed E-state index contributed by atoms with van der Waals surface area (Å²) in [7, 11) is 0. The van der Waals surface area contributed by atoms with Gasteiger partial charge in [-0.3, -0.25) is 4.79 Å². The van der Waals surface area contributed by atoms with Gasteiger partial charge in [0.15, 0.2) is 0 Å². The van der Waals surface area contributed by atoms with Crippen LogP contribution in [0.4, 0.5) is 0 Å². The minimum atomic E-state index is 0.108. The van der Waals surface area contributed by atoms with E-state index in [9.17, 15) is 4.79 Å². The lowest BCUT2D eigenvalue weighted by Crippen LogP contribution is -2.27. The van der Waals surface area contributed by atoms with Gasteiger partial charge in [0.25, 0.3) is 0 Å². The summed E-state index contributed by atoms with van der Waals surface area (Å²) in [5, 5.41) is 7.02. The zero-order chi connectivity index (χ0) is 11.9. The van der Waals surface area contributed by atoms with Crippen molar-refractivity contribution in [3.05, 3.63) is 41.1 Å². The topological polar surface area (TPSA) is 46.9 Å². The number of nitrogens with one attached hydrogen (secondary N) is 1. The van der Waals surface area contributed by atoms with Crippen molar-refractivity contribution in [1.82, 2.24) is 14.9 Å². The van der Waals surface area contributed by atoms with Crippen molar-refractivity contribution in [1.29, 1.82) is 0 Å². The molecular formula is C12H15N3OS. The number of aromatic nitrogens is 2. The van der Waals surface area contributed by atoms with Gasteiger partial charge in [0.1, 0.15) is 0 Å². The fourth-order valence-corrected chi connectivity index (χ4v) is 2.23. The van der Waals surface area contributed by atoms with Crippen molar-refractivity contribution in [3.8, 4) is 0 Å². The van der Waals surface area contributed by atoms with Gasteiger partial charge < -0.3 is 9.88 Å². The van der Waals surface area contributed by atoms with Crippen LogP contribution in [-0.4, -0.2) is 22.0 Å². The van der Waals surface area contributed by atoms with Crippen molar-refractivity contribution in [3.63, 3.8) is 0 Å². The normalized spacial score (nSPS) is 10.4. The van der Waals surface area contributed by atoms with Crippen molar-refractivity contribution < 1.29 is 4.79 Å². The van der Waals surface area contributed by atoms with Crippen LogP contribution in [0.2, 0.25) is 0 Å². The van der Waals surface area contributed by atoms with Crippen LogP contribution < -0.4 is 5.32 Å². The van der Waals surface area contributed by atoms with Crippen molar-refractivity contribution >= 4 is 17.2 Å². The Morgan fingerprint density at radius 3 is 3.18 bits per heavy atom. The van der Waals surface area contributed by atoms with Gasteiger partial charge in [-0.15, -0.1) is 0 Å². The Kier molecular flexibility index (Phi) is 4.32. The summed E-state index contributed by atoms with van der Waals surface area (Å²) >= 11 is 1.67. The van der Waals surface area contributed by atoms with E-state index < -0.39 is 0 Å². The summed E-state index contributed by atoms with van der Waals surface area (Å²) in [6, 6.07) is 2.06. The number of carbonyl (C=O) groups is 1. The lowest BCUT2D eigenvalue weighted by atomic mass is 10.2. The molecule has 2 heterocycles. The zero-order valence-corrected chi connectivity index (χ0v) is 10.3. The molecule has 17 heavy (non-hydrogen) atoms. The molecule has 0 unspecified atom stereocenters. The van der Waals surface area contributed by atoms with Gasteiger partial charge in [-0.2, -0.15) is 11.3 Å². The van der Waals surface area contributed by atoms with Gasteiger partial charge in [-0.1, -0.05) is 0 Å². The van der Waals surface area contributed by atoms with Crippen LogP contribution in [0.1, 0.15) is 12.0 Å². The molecule has 0 atom stereocenters. The standard InChI is InChI=1S/C12H15N3OS/c16-12(2-1-11-3-8-17-9-11)14-5-7-15-6-4-13-10-15/h3-4,6,8-10H,1-2,5,7H2,(H,14,16). The molecule has 0 aliphatic rings. The Hall–Kier alpha value is -1.62. The van der Waals surface area contributed by atoms with E-state index in [1.807, 2.05) is 16.1 Å². The van der Waals surface area contributed by atoms with E-state index in [0.717, 1.165) is 13.0 Å². The van der Waals surface area contributed by atoms with E-state index in [2.05, 4.69) is 21.7 Å². The highest BCUT2D eigenvalue weighted by molar-refractivity contribution is 7.07. The third kappa shape index (κ3) is 4.03. The molecule has 2 aromatic rings. The molecule has 2 rings (SSSR count). The molecule has 1 N–H and O–H groups in total. The van der Waals surface area contributed by atoms with Crippen molar-refractivity contribution in [2.75, 3.05) is 6.54 Å². The van der Waals surface area contributed by atoms with E-state index in [0.29, 0.717) is 13.0 Å². The number of imidazole rings is 1. The lowest BCUT2D eigenvalue weighted by Gasteiger charge is -2.05. The number of hydrogen-bond acceptors (Lipinski definition) is 3. The van der Waals surface area contributed by atoms with E-state index in [1.165, 1.54) is 5.56 Å².